The van der Waals surface area contributed by atoms with Crippen molar-refractivity contribution in [1.82, 2.24) is 5.32 Å². The third kappa shape index (κ3) is 4.52. The molecule has 0 aliphatic carbocycles. The summed E-state index contributed by atoms with van der Waals surface area (Å²) in [6.45, 7) is 1.90. The van der Waals surface area contributed by atoms with Gasteiger partial charge in [-0.2, -0.15) is 0 Å². The molecule has 0 heterocycles. The molecule has 1 unspecified atom stereocenters. The van der Waals surface area contributed by atoms with Crippen molar-refractivity contribution in [3.63, 3.8) is 0 Å². The zero-order valence-corrected chi connectivity index (χ0v) is 9.61. The van der Waals surface area contributed by atoms with E-state index in [1.807, 2.05) is 6.92 Å². The number of carbonyl (C=O) groups excluding carboxylic acids is 1. The first-order chi connectivity index (χ1) is 8.15. The molecule has 0 fully saturated rings. The number of amides is 1. The first-order valence-corrected chi connectivity index (χ1v) is 5.36. The quantitative estimate of drug-likeness (QED) is 0.625. The van der Waals surface area contributed by atoms with Crippen molar-refractivity contribution in [2.45, 2.75) is 19.4 Å². The van der Waals surface area contributed by atoms with Crippen LogP contribution in [-0.4, -0.2) is 11.9 Å². The summed E-state index contributed by atoms with van der Waals surface area (Å²) in [5.74, 6) is 1.92. The molecule has 1 aromatic carbocycles. The molecule has 2 nitrogen and oxygen atoms in total. The van der Waals surface area contributed by atoms with E-state index in [2.05, 4.69) is 11.2 Å². The van der Waals surface area contributed by atoms with Crippen molar-refractivity contribution in [3.8, 4) is 12.3 Å². The fraction of sp³-hybridized carbons (Fsp3) is 0.214. The summed E-state index contributed by atoms with van der Waals surface area (Å²) in [5, 5.41) is 2.66. The van der Waals surface area contributed by atoms with E-state index in [0.29, 0.717) is 6.42 Å². The lowest BCUT2D eigenvalue weighted by atomic mass is 10.2. The predicted octanol–water partition coefficient (Wildman–Crippen LogP) is 2.37. The number of carbonyl (C=O) groups is 1. The normalized spacial score (nSPS) is 12.1. The Hall–Kier alpha value is -2.08. The Bertz CT molecular complexity index is 442. The standard InChI is InChI=1S/C14H14FNO/c1-3-13(4-2)16-14(17)10-7-11-5-8-12(15)9-6-11/h1,5-10,13H,4H2,2H3,(H,16,17)/b10-7+. The maximum absolute atomic E-state index is 12.6. The molecular weight excluding hydrogens is 217 g/mol. The van der Waals surface area contributed by atoms with Gasteiger partial charge in [-0.25, -0.2) is 4.39 Å². The minimum Gasteiger partial charge on any atom is -0.339 e. The molecule has 0 aliphatic heterocycles. The molecule has 17 heavy (non-hydrogen) atoms. The third-order valence-electron chi connectivity index (χ3n) is 2.22. The van der Waals surface area contributed by atoms with Crippen LogP contribution in [0.2, 0.25) is 0 Å². The zero-order valence-electron chi connectivity index (χ0n) is 9.61. The Kier molecular flexibility index (Phi) is 4.96. The van der Waals surface area contributed by atoms with Gasteiger partial charge in [0.15, 0.2) is 0 Å². The van der Waals surface area contributed by atoms with Crippen LogP contribution >= 0.6 is 0 Å². The predicted molar refractivity (Wildman–Crippen MR) is 66.5 cm³/mol. The number of rotatable bonds is 4. The topological polar surface area (TPSA) is 29.1 Å². The van der Waals surface area contributed by atoms with Gasteiger partial charge in [-0.05, 0) is 30.2 Å². The van der Waals surface area contributed by atoms with Crippen molar-refractivity contribution >= 4 is 12.0 Å². The average molecular weight is 231 g/mol. The molecule has 1 amide bonds. The fourth-order valence-electron chi connectivity index (χ4n) is 1.23. The number of terminal acetylenes is 1. The first kappa shape index (κ1) is 13.0. The average Bonchev–Trinajstić information content (AvgIpc) is 2.35. The Labute approximate surface area is 101 Å². The van der Waals surface area contributed by atoms with Gasteiger partial charge in [0.2, 0.25) is 5.91 Å². The van der Waals surface area contributed by atoms with Crippen molar-refractivity contribution in [2.75, 3.05) is 0 Å². The number of halogens is 1. The zero-order chi connectivity index (χ0) is 12.7. The Balaban J connectivity index is 2.57. The molecule has 1 atom stereocenters. The summed E-state index contributed by atoms with van der Waals surface area (Å²) < 4.78 is 12.6. The second-order valence-electron chi connectivity index (χ2n) is 3.52. The molecule has 1 aromatic rings. The van der Waals surface area contributed by atoms with Gasteiger partial charge in [-0.3, -0.25) is 4.79 Å². The van der Waals surface area contributed by atoms with Crippen LogP contribution < -0.4 is 5.32 Å². The highest BCUT2D eigenvalue weighted by atomic mass is 19.1. The first-order valence-electron chi connectivity index (χ1n) is 5.36. The second-order valence-corrected chi connectivity index (χ2v) is 3.52. The minimum absolute atomic E-state index is 0.250. The van der Waals surface area contributed by atoms with Gasteiger partial charge in [0.1, 0.15) is 5.82 Å². The van der Waals surface area contributed by atoms with Crippen LogP contribution in [0.25, 0.3) is 6.08 Å². The lowest BCUT2D eigenvalue weighted by Crippen LogP contribution is -2.31. The molecule has 0 spiro atoms. The van der Waals surface area contributed by atoms with E-state index in [0.717, 1.165) is 5.56 Å². The fourth-order valence-corrected chi connectivity index (χ4v) is 1.23. The van der Waals surface area contributed by atoms with Crippen LogP contribution in [-0.2, 0) is 4.79 Å². The third-order valence-corrected chi connectivity index (χ3v) is 2.22. The molecule has 3 heteroatoms. The summed E-state index contributed by atoms with van der Waals surface area (Å²) in [6, 6.07) is 5.62. The maximum Gasteiger partial charge on any atom is 0.244 e. The molecule has 0 saturated heterocycles. The smallest absolute Gasteiger partial charge is 0.244 e. The van der Waals surface area contributed by atoms with Gasteiger partial charge in [0.05, 0.1) is 6.04 Å². The maximum atomic E-state index is 12.6. The van der Waals surface area contributed by atoms with E-state index in [-0.39, 0.29) is 17.8 Å². The van der Waals surface area contributed by atoms with Gasteiger partial charge in [0, 0.05) is 6.08 Å². The van der Waals surface area contributed by atoms with Gasteiger partial charge in [-0.1, -0.05) is 25.0 Å². The van der Waals surface area contributed by atoms with Crippen LogP contribution in [0.5, 0.6) is 0 Å². The molecule has 88 valence electrons. The van der Waals surface area contributed by atoms with Crippen LogP contribution in [0.4, 0.5) is 4.39 Å². The number of benzene rings is 1. The van der Waals surface area contributed by atoms with E-state index in [1.54, 1.807) is 18.2 Å². The molecular formula is C14H14FNO. The molecule has 0 radical (unpaired) electrons. The van der Waals surface area contributed by atoms with E-state index in [1.165, 1.54) is 18.2 Å². The van der Waals surface area contributed by atoms with Gasteiger partial charge in [0.25, 0.3) is 0 Å². The summed E-state index contributed by atoms with van der Waals surface area (Å²) in [5.41, 5.74) is 0.760. The van der Waals surface area contributed by atoms with Crippen molar-refractivity contribution < 1.29 is 9.18 Å². The van der Waals surface area contributed by atoms with Crippen LogP contribution in [0, 0.1) is 18.2 Å². The van der Waals surface area contributed by atoms with Crippen LogP contribution in [0.1, 0.15) is 18.9 Å². The van der Waals surface area contributed by atoms with Crippen LogP contribution in [0.3, 0.4) is 0 Å². The van der Waals surface area contributed by atoms with Crippen LogP contribution in [0.15, 0.2) is 30.3 Å². The molecule has 0 aliphatic rings. The van der Waals surface area contributed by atoms with E-state index in [4.69, 9.17) is 6.42 Å². The second kappa shape index (κ2) is 6.49. The number of hydrogen-bond acceptors (Lipinski definition) is 1. The molecule has 1 N–H and O–H groups in total. The largest absolute Gasteiger partial charge is 0.339 e. The van der Waals surface area contributed by atoms with Crippen molar-refractivity contribution in [1.29, 1.82) is 0 Å². The van der Waals surface area contributed by atoms with E-state index < -0.39 is 0 Å². The SMILES string of the molecule is C#CC(CC)NC(=O)/C=C/c1ccc(F)cc1. The Morgan fingerprint density at radius 3 is 2.71 bits per heavy atom. The molecule has 0 saturated carbocycles. The molecule has 1 rings (SSSR count). The number of hydrogen-bond donors (Lipinski definition) is 1. The summed E-state index contributed by atoms with van der Waals surface area (Å²) >= 11 is 0. The lowest BCUT2D eigenvalue weighted by molar-refractivity contribution is -0.116. The van der Waals surface area contributed by atoms with E-state index >= 15 is 0 Å². The monoisotopic (exact) mass is 231 g/mol. The lowest BCUT2D eigenvalue weighted by Gasteiger charge is -2.07. The van der Waals surface area contributed by atoms with Gasteiger partial charge in [-0.15, -0.1) is 6.42 Å². The highest BCUT2D eigenvalue weighted by Crippen LogP contribution is 2.04. The highest BCUT2D eigenvalue weighted by molar-refractivity contribution is 5.92. The molecule has 0 aromatic heterocycles. The number of nitrogens with one attached hydrogen (secondary N) is 1. The van der Waals surface area contributed by atoms with E-state index in [9.17, 15) is 9.18 Å². The minimum atomic E-state index is -0.301. The van der Waals surface area contributed by atoms with Crippen molar-refractivity contribution in [2.24, 2.45) is 0 Å². The van der Waals surface area contributed by atoms with Gasteiger partial charge >= 0.3 is 0 Å². The molecule has 0 bridgehead atoms. The Morgan fingerprint density at radius 1 is 1.53 bits per heavy atom. The Morgan fingerprint density at radius 2 is 2.18 bits per heavy atom. The van der Waals surface area contributed by atoms with Gasteiger partial charge < -0.3 is 5.32 Å². The van der Waals surface area contributed by atoms with Crippen molar-refractivity contribution in [3.05, 3.63) is 41.7 Å². The summed E-state index contributed by atoms with van der Waals surface area (Å²) in [4.78, 5) is 11.4. The summed E-state index contributed by atoms with van der Waals surface area (Å²) in [7, 11) is 0. The highest BCUT2D eigenvalue weighted by Gasteiger charge is 2.03. The summed E-state index contributed by atoms with van der Waals surface area (Å²) in [6.07, 6.45) is 8.90.